The largest absolute Gasteiger partial charge is 0.492 e. The van der Waals surface area contributed by atoms with Gasteiger partial charge in [-0.15, -0.1) is 0 Å². The summed E-state index contributed by atoms with van der Waals surface area (Å²) >= 11 is 0. The molecule has 2 aliphatic rings. The Balaban J connectivity index is 1.26. The second-order valence-electron chi connectivity index (χ2n) is 7.28. The van der Waals surface area contributed by atoms with Gasteiger partial charge in [-0.1, -0.05) is 12.1 Å². The van der Waals surface area contributed by atoms with Crippen LogP contribution in [-0.4, -0.2) is 47.4 Å². The Bertz CT molecular complexity index is 642. The van der Waals surface area contributed by atoms with Crippen LogP contribution in [0.5, 0.6) is 5.75 Å². The van der Waals surface area contributed by atoms with Gasteiger partial charge in [-0.05, 0) is 42.4 Å². The summed E-state index contributed by atoms with van der Waals surface area (Å²) in [4.78, 5) is 6.62. The molecular formula is C20H27N3O2. The highest BCUT2D eigenvalue weighted by atomic mass is 16.5. The highest BCUT2D eigenvalue weighted by Crippen LogP contribution is 2.38. The number of likely N-dealkylation sites (tertiary alicyclic amines) is 1. The minimum atomic E-state index is 0.488. The molecule has 3 atom stereocenters. The number of aromatic nitrogens is 2. The molecule has 0 spiro atoms. The lowest BCUT2D eigenvalue weighted by Crippen LogP contribution is -2.44. The molecule has 5 heteroatoms. The van der Waals surface area contributed by atoms with E-state index in [9.17, 15) is 0 Å². The molecule has 1 saturated carbocycles. The van der Waals surface area contributed by atoms with Gasteiger partial charge in [0.1, 0.15) is 12.4 Å². The van der Waals surface area contributed by atoms with Gasteiger partial charge in [0.05, 0.1) is 19.0 Å². The van der Waals surface area contributed by atoms with Crippen molar-refractivity contribution in [3.63, 3.8) is 0 Å². The Morgan fingerprint density at radius 1 is 1.12 bits per heavy atom. The Morgan fingerprint density at radius 2 is 1.88 bits per heavy atom. The first-order valence-electron chi connectivity index (χ1n) is 9.24. The average molecular weight is 341 g/mol. The normalized spacial score (nSPS) is 26.0. The number of benzene rings is 1. The van der Waals surface area contributed by atoms with E-state index in [0.29, 0.717) is 12.7 Å². The van der Waals surface area contributed by atoms with E-state index >= 15 is 0 Å². The molecule has 2 heterocycles. The van der Waals surface area contributed by atoms with Crippen LogP contribution in [0.1, 0.15) is 18.4 Å². The SMILES string of the molecule is COC1[C@@H]2CC[C@H]1CN(Cc1ccc(OCCn3ccnc3)cc1)C2. The first-order chi connectivity index (χ1) is 12.3. The van der Waals surface area contributed by atoms with Gasteiger partial charge in [-0.25, -0.2) is 4.98 Å². The van der Waals surface area contributed by atoms with Crippen molar-refractivity contribution in [2.24, 2.45) is 11.8 Å². The van der Waals surface area contributed by atoms with Gasteiger partial charge in [0.15, 0.2) is 0 Å². The van der Waals surface area contributed by atoms with E-state index in [4.69, 9.17) is 9.47 Å². The number of ether oxygens (including phenoxy) is 2. The van der Waals surface area contributed by atoms with Crippen molar-refractivity contribution in [2.75, 3.05) is 26.8 Å². The fraction of sp³-hybridized carbons (Fsp3) is 0.550. The van der Waals surface area contributed by atoms with Gasteiger partial charge in [-0.2, -0.15) is 0 Å². The standard InChI is InChI=1S/C20H27N3O2/c1-24-20-17-4-5-18(20)14-23(13-17)12-16-2-6-19(7-3-16)25-11-10-22-9-8-21-15-22/h2-3,6-9,15,17-18,20H,4-5,10-14H2,1H3/t17-,18+,20?. The molecule has 2 fully saturated rings. The molecule has 1 aliphatic carbocycles. The summed E-state index contributed by atoms with van der Waals surface area (Å²) in [5, 5.41) is 0. The van der Waals surface area contributed by atoms with Crippen LogP contribution in [0.25, 0.3) is 0 Å². The first kappa shape index (κ1) is 16.6. The van der Waals surface area contributed by atoms with Gasteiger partial charge >= 0.3 is 0 Å². The molecule has 1 saturated heterocycles. The quantitative estimate of drug-likeness (QED) is 0.776. The van der Waals surface area contributed by atoms with E-state index in [2.05, 4.69) is 34.1 Å². The van der Waals surface area contributed by atoms with Gasteiger partial charge in [-0.3, -0.25) is 4.90 Å². The van der Waals surface area contributed by atoms with Crippen molar-refractivity contribution in [1.82, 2.24) is 14.5 Å². The molecule has 5 nitrogen and oxygen atoms in total. The molecule has 0 amide bonds. The van der Waals surface area contributed by atoms with E-state index in [-0.39, 0.29) is 0 Å². The Hall–Kier alpha value is -1.85. The van der Waals surface area contributed by atoms with Crippen LogP contribution in [0.15, 0.2) is 43.0 Å². The number of hydrogen-bond donors (Lipinski definition) is 0. The predicted molar refractivity (Wildman–Crippen MR) is 96.5 cm³/mol. The van der Waals surface area contributed by atoms with E-state index in [1.807, 2.05) is 24.2 Å². The Morgan fingerprint density at radius 3 is 2.52 bits per heavy atom. The van der Waals surface area contributed by atoms with Crippen LogP contribution >= 0.6 is 0 Å². The van der Waals surface area contributed by atoms with E-state index < -0.39 is 0 Å². The van der Waals surface area contributed by atoms with Gasteiger partial charge < -0.3 is 14.0 Å². The molecule has 4 rings (SSSR count). The molecule has 1 aromatic heterocycles. The lowest BCUT2D eigenvalue weighted by Gasteiger charge is -2.37. The Labute approximate surface area is 149 Å². The maximum atomic E-state index is 5.82. The molecule has 1 aliphatic heterocycles. The van der Waals surface area contributed by atoms with Crippen molar-refractivity contribution in [2.45, 2.75) is 32.0 Å². The van der Waals surface area contributed by atoms with Crippen molar-refractivity contribution in [3.05, 3.63) is 48.5 Å². The van der Waals surface area contributed by atoms with Crippen LogP contribution in [0.3, 0.4) is 0 Å². The van der Waals surface area contributed by atoms with Crippen LogP contribution in [0.2, 0.25) is 0 Å². The van der Waals surface area contributed by atoms with Crippen LogP contribution in [-0.2, 0) is 17.8 Å². The average Bonchev–Trinajstić information content (AvgIpc) is 3.22. The molecular weight excluding hydrogens is 314 g/mol. The lowest BCUT2D eigenvalue weighted by atomic mass is 9.94. The fourth-order valence-corrected chi connectivity index (χ4v) is 4.42. The molecule has 1 aromatic carbocycles. The van der Waals surface area contributed by atoms with Gasteiger partial charge in [0.25, 0.3) is 0 Å². The Kier molecular flexibility index (Phi) is 5.04. The molecule has 2 aromatic rings. The summed E-state index contributed by atoms with van der Waals surface area (Å²) in [5.74, 6) is 2.37. The highest BCUT2D eigenvalue weighted by Gasteiger charge is 2.41. The van der Waals surface area contributed by atoms with Crippen molar-refractivity contribution in [1.29, 1.82) is 0 Å². The zero-order valence-corrected chi connectivity index (χ0v) is 14.9. The maximum absolute atomic E-state index is 5.82. The van der Waals surface area contributed by atoms with Crippen LogP contribution < -0.4 is 4.74 Å². The summed E-state index contributed by atoms with van der Waals surface area (Å²) in [6, 6.07) is 8.55. The van der Waals surface area contributed by atoms with E-state index in [1.165, 1.54) is 18.4 Å². The fourth-order valence-electron chi connectivity index (χ4n) is 4.42. The minimum absolute atomic E-state index is 0.488. The third-order valence-corrected chi connectivity index (χ3v) is 5.60. The van der Waals surface area contributed by atoms with Crippen LogP contribution in [0, 0.1) is 11.8 Å². The summed E-state index contributed by atoms with van der Waals surface area (Å²) in [7, 11) is 1.87. The summed E-state index contributed by atoms with van der Waals surface area (Å²) < 4.78 is 13.5. The van der Waals surface area contributed by atoms with Gasteiger partial charge in [0.2, 0.25) is 0 Å². The smallest absolute Gasteiger partial charge is 0.119 e. The molecule has 0 radical (unpaired) electrons. The number of fused-ring (bicyclic) bond motifs is 2. The molecule has 25 heavy (non-hydrogen) atoms. The summed E-state index contributed by atoms with van der Waals surface area (Å²) in [6.45, 7) is 4.83. The zero-order chi connectivity index (χ0) is 17.1. The van der Waals surface area contributed by atoms with Crippen molar-refractivity contribution >= 4 is 0 Å². The maximum Gasteiger partial charge on any atom is 0.119 e. The topological polar surface area (TPSA) is 39.5 Å². The predicted octanol–water partition coefficient (Wildman–Crippen LogP) is 2.82. The molecule has 1 unspecified atom stereocenters. The van der Waals surface area contributed by atoms with Crippen molar-refractivity contribution in [3.8, 4) is 5.75 Å². The van der Waals surface area contributed by atoms with Gasteiger partial charge in [0, 0.05) is 39.1 Å². The number of rotatable bonds is 7. The van der Waals surface area contributed by atoms with Crippen molar-refractivity contribution < 1.29 is 9.47 Å². The minimum Gasteiger partial charge on any atom is -0.492 e. The number of methoxy groups -OCH3 is 1. The van der Waals surface area contributed by atoms with Crippen LogP contribution in [0.4, 0.5) is 0 Å². The summed E-state index contributed by atoms with van der Waals surface area (Å²) in [5.41, 5.74) is 1.36. The lowest BCUT2D eigenvalue weighted by molar-refractivity contribution is -0.0180. The van der Waals surface area contributed by atoms with E-state index in [1.54, 1.807) is 6.20 Å². The zero-order valence-electron chi connectivity index (χ0n) is 14.9. The highest BCUT2D eigenvalue weighted by molar-refractivity contribution is 5.27. The first-order valence-corrected chi connectivity index (χ1v) is 9.24. The monoisotopic (exact) mass is 341 g/mol. The number of imidazole rings is 1. The number of nitrogens with zero attached hydrogens (tertiary/aromatic N) is 3. The van der Waals surface area contributed by atoms with E-state index in [0.717, 1.165) is 43.8 Å². The third kappa shape index (κ3) is 3.88. The summed E-state index contributed by atoms with van der Waals surface area (Å²) in [6.07, 6.45) is 8.68. The molecule has 134 valence electrons. The second kappa shape index (κ2) is 7.58. The third-order valence-electron chi connectivity index (χ3n) is 5.60. The number of hydrogen-bond acceptors (Lipinski definition) is 4. The molecule has 0 N–H and O–H groups in total. The second-order valence-corrected chi connectivity index (χ2v) is 7.28. The molecule has 2 bridgehead atoms. The number of piperidine rings is 1.